The molecule has 0 radical (unpaired) electrons. The van der Waals surface area contributed by atoms with Crippen LogP contribution in [0.25, 0.3) is 0 Å². The van der Waals surface area contributed by atoms with Gasteiger partial charge in [-0.15, -0.1) is 11.3 Å². The van der Waals surface area contributed by atoms with Gasteiger partial charge in [0.2, 0.25) is 5.91 Å². The third kappa shape index (κ3) is 4.45. The Morgan fingerprint density at radius 2 is 1.90 bits per heavy atom. The Balaban J connectivity index is 1.62. The average molecular weight is 437 g/mol. The second kappa shape index (κ2) is 9.12. The minimum Gasteiger partial charge on any atom is -0.493 e. The highest BCUT2D eigenvalue weighted by atomic mass is 32.1. The number of rotatable bonds is 6. The second-order valence-electron chi connectivity index (χ2n) is 7.91. The van der Waals surface area contributed by atoms with E-state index in [0.29, 0.717) is 12.3 Å². The summed E-state index contributed by atoms with van der Waals surface area (Å²) >= 11 is 1.71. The molecule has 1 aliphatic heterocycles. The Morgan fingerprint density at radius 3 is 2.58 bits per heavy atom. The second-order valence-corrected chi connectivity index (χ2v) is 8.89. The van der Waals surface area contributed by atoms with Gasteiger partial charge in [-0.05, 0) is 66.6 Å². The first-order valence-corrected chi connectivity index (χ1v) is 11.3. The summed E-state index contributed by atoms with van der Waals surface area (Å²) in [6.45, 7) is 5.20. The quantitative estimate of drug-likeness (QED) is 0.593. The maximum Gasteiger partial charge on any atom is 0.238 e. The molecule has 4 rings (SSSR count). The number of nitrogens with zero attached hydrogens (tertiary/aromatic N) is 1. The Labute approximate surface area is 187 Å². The number of methoxy groups -OCH3 is 2. The minimum atomic E-state index is -0.00237. The molecule has 1 aliphatic rings. The van der Waals surface area contributed by atoms with Crippen molar-refractivity contribution in [3.8, 4) is 11.5 Å². The smallest absolute Gasteiger partial charge is 0.238 e. The summed E-state index contributed by atoms with van der Waals surface area (Å²) in [5, 5.41) is 5.18. The predicted octanol–water partition coefficient (Wildman–Crippen LogP) is 4.97. The van der Waals surface area contributed by atoms with Gasteiger partial charge in [0, 0.05) is 17.1 Å². The number of fused-ring (bicyclic) bond motifs is 1. The Kier molecular flexibility index (Phi) is 6.30. The van der Waals surface area contributed by atoms with Gasteiger partial charge in [0.25, 0.3) is 0 Å². The van der Waals surface area contributed by atoms with Gasteiger partial charge in [0.05, 0.1) is 26.8 Å². The molecule has 5 nitrogen and oxygen atoms in total. The number of hydrogen-bond donors (Lipinski definition) is 1. The van der Waals surface area contributed by atoms with Crippen molar-refractivity contribution in [2.24, 2.45) is 0 Å². The van der Waals surface area contributed by atoms with Crippen molar-refractivity contribution in [2.75, 3.05) is 32.6 Å². The topological polar surface area (TPSA) is 50.8 Å². The molecule has 1 amide bonds. The van der Waals surface area contributed by atoms with Crippen LogP contribution in [0.15, 0.2) is 47.8 Å². The molecule has 0 fully saturated rings. The molecule has 2 aromatic carbocycles. The van der Waals surface area contributed by atoms with Crippen molar-refractivity contribution in [1.29, 1.82) is 0 Å². The van der Waals surface area contributed by atoms with Gasteiger partial charge in [-0.3, -0.25) is 9.69 Å². The molecule has 31 heavy (non-hydrogen) atoms. The van der Waals surface area contributed by atoms with E-state index in [1.807, 2.05) is 19.1 Å². The van der Waals surface area contributed by atoms with Gasteiger partial charge in [-0.25, -0.2) is 0 Å². The molecule has 0 aliphatic carbocycles. The van der Waals surface area contributed by atoms with Gasteiger partial charge in [-0.1, -0.05) is 23.8 Å². The molecule has 0 saturated heterocycles. The molecule has 1 aromatic heterocycles. The molecule has 1 unspecified atom stereocenters. The van der Waals surface area contributed by atoms with E-state index < -0.39 is 0 Å². The average Bonchev–Trinajstić information content (AvgIpc) is 3.29. The van der Waals surface area contributed by atoms with Crippen LogP contribution in [0.5, 0.6) is 11.5 Å². The zero-order valence-electron chi connectivity index (χ0n) is 18.4. The molecule has 1 N–H and O–H groups in total. The van der Waals surface area contributed by atoms with Crippen molar-refractivity contribution in [3.63, 3.8) is 0 Å². The summed E-state index contributed by atoms with van der Waals surface area (Å²) in [5.74, 6) is 1.45. The Bertz CT molecular complexity index is 1080. The van der Waals surface area contributed by atoms with Gasteiger partial charge < -0.3 is 14.8 Å². The van der Waals surface area contributed by atoms with E-state index in [0.717, 1.165) is 30.0 Å². The Morgan fingerprint density at radius 1 is 1.13 bits per heavy atom. The van der Waals surface area contributed by atoms with Crippen molar-refractivity contribution in [2.45, 2.75) is 26.3 Å². The SMILES string of the molecule is COc1cc2c(cc1OC)C(c1cccs1)N(CC(=O)Nc1ccc(C)cc1C)CC2. The number of hydrogen-bond acceptors (Lipinski definition) is 5. The lowest BCUT2D eigenvalue weighted by atomic mass is 9.91. The number of nitrogens with one attached hydrogen (secondary N) is 1. The molecule has 6 heteroatoms. The van der Waals surface area contributed by atoms with E-state index in [4.69, 9.17) is 9.47 Å². The summed E-state index contributed by atoms with van der Waals surface area (Å²) in [4.78, 5) is 16.4. The first-order chi connectivity index (χ1) is 15.0. The minimum absolute atomic E-state index is 0.00237. The van der Waals surface area contributed by atoms with Crippen LogP contribution in [-0.4, -0.2) is 38.1 Å². The largest absolute Gasteiger partial charge is 0.493 e. The van der Waals surface area contributed by atoms with Crippen molar-refractivity contribution in [1.82, 2.24) is 4.90 Å². The molecule has 3 aromatic rings. The van der Waals surface area contributed by atoms with Crippen LogP contribution in [0.4, 0.5) is 5.69 Å². The van der Waals surface area contributed by atoms with Crippen LogP contribution in [0.2, 0.25) is 0 Å². The maximum absolute atomic E-state index is 13.0. The lowest BCUT2D eigenvalue weighted by molar-refractivity contribution is -0.117. The first kappa shape index (κ1) is 21.4. The Hall–Kier alpha value is -2.83. The van der Waals surface area contributed by atoms with Gasteiger partial charge in [0.1, 0.15) is 0 Å². The van der Waals surface area contributed by atoms with Crippen molar-refractivity contribution < 1.29 is 14.3 Å². The summed E-state index contributed by atoms with van der Waals surface area (Å²) < 4.78 is 11.1. The van der Waals surface area contributed by atoms with E-state index in [9.17, 15) is 4.79 Å². The van der Waals surface area contributed by atoms with E-state index >= 15 is 0 Å². The summed E-state index contributed by atoms with van der Waals surface area (Å²) in [6.07, 6.45) is 0.856. The zero-order valence-corrected chi connectivity index (χ0v) is 19.2. The molecular weight excluding hydrogens is 408 g/mol. The molecule has 1 atom stereocenters. The fraction of sp³-hybridized carbons (Fsp3) is 0.320. The van der Waals surface area contributed by atoms with E-state index in [2.05, 4.69) is 52.9 Å². The third-order valence-corrected chi connectivity index (χ3v) is 6.71. The van der Waals surface area contributed by atoms with Crippen LogP contribution >= 0.6 is 11.3 Å². The van der Waals surface area contributed by atoms with Crippen molar-refractivity contribution >= 4 is 22.9 Å². The van der Waals surface area contributed by atoms with E-state index in [1.165, 1.54) is 21.6 Å². The molecular formula is C25H28N2O3S. The van der Waals surface area contributed by atoms with E-state index in [1.54, 1.807) is 25.6 Å². The lowest BCUT2D eigenvalue weighted by Gasteiger charge is -2.37. The van der Waals surface area contributed by atoms with Crippen LogP contribution < -0.4 is 14.8 Å². The zero-order chi connectivity index (χ0) is 22.0. The van der Waals surface area contributed by atoms with Crippen LogP contribution in [0, 0.1) is 13.8 Å². The number of thiophene rings is 1. The van der Waals surface area contributed by atoms with Crippen LogP contribution in [-0.2, 0) is 11.2 Å². The molecule has 0 bridgehead atoms. The highest BCUT2D eigenvalue weighted by molar-refractivity contribution is 7.10. The number of benzene rings is 2. The summed E-state index contributed by atoms with van der Waals surface area (Å²) in [6, 6.07) is 14.4. The van der Waals surface area contributed by atoms with Crippen LogP contribution in [0.3, 0.4) is 0 Å². The van der Waals surface area contributed by atoms with E-state index in [-0.39, 0.29) is 11.9 Å². The van der Waals surface area contributed by atoms with Crippen molar-refractivity contribution in [3.05, 3.63) is 75.0 Å². The fourth-order valence-corrected chi connectivity index (χ4v) is 5.15. The summed E-state index contributed by atoms with van der Waals surface area (Å²) in [5.41, 5.74) is 5.54. The highest BCUT2D eigenvalue weighted by Crippen LogP contribution is 2.42. The number of carbonyl (C=O) groups excluding carboxylic acids is 1. The molecule has 0 spiro atoms. The number of ether oxygens (including phenoxy) is 2. The van der Waals surface area contributed by atoms with Gasteiger partial charge >= 0.3 is 0 Å². The highest BCUT2D eigenvalue weighted by Gasteiger charge is 2.32. The maximum atomic E-state index is 13.0. The standard InChI is InChI=1S/C25H28N2O3S/c1-16-7-8-20(17(2)12-16)26-24(28)15-27-10-9-18-13-21(29-3)22(30-4)14-19(18)25(27)23-6-5-11-31-23/h5-8,11-14,25H,9-10,15H2,1-4H3,(H,26,28). The van der Waals surface area contributed by atoms with Gasteiger partial charge in [-0.2, -0.15) is 0 Å². The molecule has 0 saturated carbocycles. The molecule has 162 valence electrons. The number of aryl methyl sites for hydroxylation is 2. The lowest BCUT2D eigenvalue weighted by Crippen LogP contribution is -2.41. The molecule has 2 heterocycles. The monoisotopic (exact) mass is 436 g/mol. The number of carbonyl (C=O) groups is 1. The third-order valence-electron chi connectivity index (χ3n) is 5.79. The van der Waals surface area contributed by atoms with Gasteiger partial charge in [0.15, 0.2) is 11.5 Å². The number of anilines is 1. The normalized spacial score (nSPS) is 15.9. The number of amides is 1. The fourth-order valence-electron chi connectivity index (χ4n) is 4.28. The predicted molar refractivity (Wildman–Crippen MR) is 126 cm³/mol. The van der Waals surface area contributed by atoms with Crippen LogP contribution in [0.1, 0.15) is 33.2 Å². The summed E-state index contributed by atoms with van der Waals surface area (Å²) in [7, 11) is 3.32. The first-order valence-electron chi connectivity index (χ1n) is 10.4.